The van der Waals surface area contributed by atoms with E-state index in [0.717, 1.165) is 11.1 Å². The zero-order chi connectivity index (χ0) is 12.4. The van der Waals surface area contributed by atoms with E-state index in [2.05, 4.69) is 26.2 Å². The molecule has 0 aliphatic rings. The third-order valence-corrected chi connectivity index (χ3v) is 3.47. The highest BCUT2D eigenvalue weighted by Gasteiger charge is 2.15. The molecule has 1 aromatic heterocycles. The quantitative estimate of drug-likeness (QED) is 0.814. The molecule has 0 spiro atoms. The lowest BCUT2D eigenvalue weighted by Crippen LogP contribution is -2.01. The fraction of sp³-hybridized carbons (Fsp3) is 0.273. The molecule has 0 N–H and O–H groups in total. The van der Waals surface area contributed by atoms with Crippen LogP contribution in [0.25, 0.3) is 5.69 Å². The molecule has 0 saturated heterocycles. The molecule has 2 rings (SSSR count). The Hall–Kier alpha value is -1.30. The molecule has 6 heteroatoms. The van der Waals surface area contributed by atoms with E-state index in [-0.39, 0.29) is 10.5 Å². The normalized spacial score (nSPS) is 12.7. The molecule has 0 aliphatic heterocycles. The number of nitrogens with zero attached hydrogens (tertiary/aromatic N) is 3. The van der Waals surface area contributed by atoms with Crippen LogP contribution in [0, 0.1) is 11.6 Å². The van der Waals surface area contributed by atoms with E-state index in [1.165, 1.54) is 24.4 Å². The first kappa shape index (κ1) is 12.2. The molecule has 0 saturated carbocycles. The smallest absolute Gasteiger partial charge is 0.151 e. The minimum Gasteiger partial charge on any atom is -0.214 e. The molecule has 2 aromatic rings. The maximum absolute atomic E-state index is 13.5. The molecule has 1 unspecified atom stereocenters. The molecule has 1 heterocycles. The largest absolute Gasteiger partial charge is 0.214 e. The van der Waals surface area contributed by atoms with Crippen molar-refractivity contribution < 1.29 is 8.78 Å². The Morgan fingerprint density at radius 3 is 2.59 bits per heavy atom. The number of benzene rings is 1. The van der Waals surface area contributed by atoms with Crippen molar-refractivity contribution in [2.24, 2.45) is 0 Å². The van der Waals surface area contributed by atoms with E-state index in [9.17, 15) is 8.78 Å². The van der Waals surface area contributed by atoms with Crippen LogP contribution in [0.1, 0.15) is 23.9 Å². The van der Waals surface area contributed by atoms with Gasteiger partial charge in [0.2, 0.25) is 0 Å². The van der Waals surface area contributed by atoms with E-state index < -0.39 is 11.6 Å². The topological polar surface area (TPSA) is 30.7 Å². The molecule has 0 bridgehead atoms. The van der Waals surface area contributed by atoms with Crippen LogP contribution in [-0.2, 0) is 0 Å². The second kappa shape index (κ2) is 4.91. The molecular formula is C11H10BrF2N3. The SMILES string of the molecule is CCC(Br)c1cn(-c2c(F)cccc2F)nn1. The lowest BCUT2D eigenvalue weighted by Gasteiger charge is -2.03. The molecule has 90 valence electrons. The first-order valence-corrected chi connectivity index (χ1v) is 6.05. The van der Waals surface area contributed by atoms with Crippen molar-refractivity contribution in [3.63, 3.8) is 0 Å². The van der Waals surface area contributed by atoms with Crippen molar-refractivity contribution >= 4 is 15.9 Å². The summed E-state index contributed by atoms with van der Waals surface area (Å²) in [6.07, 6.45) is 2.34. The van der Waals surface area contributed by atoms with Crippen LogP contribution < -0.4 is 0 Å². The summed E-state index contributed by atoms with van der Waals surface area (Å²) in [6, 6.07) is 3.68. The molecule has 3 nitrogen and oxygen atoms in total. The van der Waals surface area contributed by atoms with Crippen LogP contribution in [0.4, 0.5) is 8.78 Å². The van der Waals surface area contributed by atoms with Crippen molar-refractivity contribution in [3.05, 3.63) is 41.7 Å². The third-order valence-electron chi connectivity index (χ3n) is 2.36. The van der Waals surface area contributed by atoms with Gasteiger partial charge in [0, 0.05) is 0 Å². The van der Waals surface area contributed by atoms with Gasteiger partial charge < -0.3 is 0 Å². The van der Waals surface area contributed by atoms with Gasteiger partial charge in [-0.25, -0.2) is 13.5 Å². The Kier molecular flexibility index (Phi) is 3.51. The number of alkyl halides is 1. The van der Waals surface area contributed by atoms with Crippen molar-refractivity contribution in [2.75, 3.05) is 0 Å². The van der Waals surface area contributed by atoms with Gasteiger partial charge >= 0.3 is 0 Å². The Labute approximate surface area is 106 Å². The maximum Gasteiger partial charge on any atom is 0.151 e. The monoisotopic (exact) mass is 301 g/mol. The van der Waals surface area contributed by atoms with E-state index in [4.69, 9.17) is 0 Å². The zero-order valence-electron chi connectivity index (χ0n) is 9.07. The van der Waals surface area contributed by atoms with Gasteiger partial charge in [-0.15, -0.1) is 5.10 Å². The summed E-state index contributed by atoms with van der Waals surface area (Å²) in [4.78, 5) is 0.0334. The first-order chi connectivity index (χ1) is 8.13. The average Bonchev–Trinajstić information content (AvgIpc) is 2.77. The van der Waals surface area contributed by atoms with Crippen LogP contribution in [0.15, 0.2) is 24.4 Å². The van der Waals surface area contributed by atoms with Crippen molar-refractivity contribution in [3.8, 4) is 5.69 Å². The Balaban J connectivity index is 2.44. The van der Waals surface area contributed by atoms with E-state index in [0.29, 0.717) is 5.69 Å². The third kappa shape index (κ3) is 2.36. The number of hydrogen-bond donors (Lipinski definition) is 0. The fourth-order valence-corrected chi connectivity index (χ4v) is 1.66. The summed E-state index contributed by atoms with van der Waals surface area (Å²) in [5, 5.41) is 7.61. The summed E-state index contributed by atoms with van der Waals surface area (Å²) in [6.45, 7) is 1.97. The average molecular weight is 302 g/mol. The minimum absolute atomic E-state index is 0.0334. The fourth-order valence-electron chi connectivity index (χ4n) is 1.45. The zero-order valence-corrected chi connectivity index (χ0v) is 10.7. The van der Waals surface area contributed by atoms with E-state index in [1.807, 2.05) is 6.92 Å². The lowest BCUT2D eigenvalue weighted by atomic mass is 10.2. The highest BCUT2D eigenvalue weighted by Crippen LogP contribution is 2.25. The van der Waals surface area contributed by atoms with E-state index in [1.54, 1.807) is 0 Å². The van der Waals surface area contributed by atoms with Gasteiger partial charge in [0.25, 0.3) is 0 Å². The number of rotatable bonds is 3. The number of hydrogen-bond acceptors (Lipinski definition) is 2. The van der Waals surface area contributed by atoms with Gasteiger partial charge in [-0.2, -0.15) is 0 Å². The van der Waals surface area contributed by atoms with Gasteiger partial charge in [0.05, 0.1) is 16.7 Å². The highest BCUT2D eigenvalue weighted by atomic mass is 79.9. The van der Waals surface area contributed by atoms with Crippen LogP contribution in [0.3, 0.4) is 0 Å². The van der Waals surface area contributed by atoms with Crippen molar-refractivity contribution in [2.45, 2.75) is 18.2 Å². The standard InChI is InChI=1S/C11H10BrF2N3/c1-2-7(12)10-6-17(16-15-10)11-8(13)4-3-5-9(11)14/h3-7H,2H2,1H3. The summed E-state index contributed by atoms with van der Waals surface area (Å²) in [5.74, 6) is -1.33. The molecule has 0 amide bonds. The second-order valence-electron chi connectivity index (χ2n) is 3.53. The predicted molar refractivity (Wildman–Crippen MR) is 63.2 cm³/mol. The Bertz CT molecular complexity index is 507. The van der Waals surface area contributed by atoms with Gasteiger partial charge in [-0.1, -0.05) is 34.1 Å². The summed E-state index contributed by atoms with van der Waals surface area (Å²) in [5.41, 5.74) is 0.442. The van der Waals surface area contributed by atoms with Gasteiger partial charge in [0.1, 0.15) is 5.69 Å². The number of para-hydroxylation sites is 1. The molecule has 17 heavy (non-hydrogen) atoms. The van der Waals surface area contributed by atoms with Crippen LogP contribution in [0.2, 0.25) is 0 Å². The molecule has 0 aliphatic carbocycles. The predicted octanol–water partition coefficient (Wildman–Crippen LogP) is 3.39. The van der Waals surface area contributed by atoms with Crippen LogP contribution in [0.5, 0.6) is 0 Å². The Morgan fingerprint density at radius 1 is 1.35 bits per heavy atom. The highest BCUT2D eigenvalue weighted by molar-refractivity contribution is 9.09. The molecule has 1 aromatic carbocycles. The maximum atomic E-state index is 13.5. The summed E-state index contributed by atoms with van der Waals surface area (Å²) >= 11 is 3.40. The lowest BCUT2D eigenvalue weighted by molar-refractivity contribution is 0.556. The van der Waals surface area contributed by atoms with Gasteiger partial charge in [0.15, 0.2) is 11.6 Å². The van der Waals surface area contributed by atoms with Crippen molar-refractivity contribution in [1.29, 1.82) is 0 Å². The molecule has 1 atom stereocenters. The molecule has 0 fully saturated rings. The van der Waals surface area contributed by atoms with Gasteiger partial charge in [-0.3, -0.25) is 0 Å². The van der Waals surface area contributed by atoms with Crippen LogP contribution >= 0.6 is 15.9 Å². The molecule has 0 radical (unpaired) electrons. The summed E-state index contributed by atoms with van der Waals surface area (Å²) in [7, 11) is 0. The number of halogens is 3. The first-order valence-electron chi connectivity index (χ1n) is 5.14. The Morgan fingerprint density at radius 2 is 2.00 bits per heavy atom. The van der Waals surface area contributed by atoms with Crippen LogP contribution in [-0.4, -0.2) is 15.0 Å². The van der Waals surface area contributed by atoms with Crippen molar-refractivity contribution in [1.82, 2.24) is 15.0 Å². The summed E-state index contributed by atoms with van der Waals surface area (Å²) < 4.78 is 28.1. The number of aromatic nitrogens is 3. The van der Waals surface area contributed by atoms with Gasteiger partial charge in [-0.05, 0) is 18.6 Å². The second-order valence-corrected chi connectivity index (χ2v) is 4.64. The minimum atomic E-state index is -0.663. The molecular weight excluding hydrogens is 292 g/mol. The van der Waals surface area contributed by atoms with E-state index >= 15 is 0 Å².